The molecule has 212 valence electrons. The summed E-state index contributed by atoms with van der Waals surface area (Å²) in [6, 6.07) is 22.0. The molecule has 8 rings (SSSR count). The number of carbonyl (C=O) groups excluding carboxylic acids is 2. The van der Waals surface area contributed by atoms with Gasteiger partial charge < -0.3 is 21.5 Å². The molecule has 0 aromatic heterocycles. The fourth-order valence-corrected chi connectivity index (χ4v) is 8.75. The van der Waals surface area contributed by atoms with Crippen molar-refractivity contribution in [1.82, 2.24) is 10.6 Å². The van der Waals surface area contributed by atoms with Gasteiger partial charge in [0.2, 0.25) is 5.91 Å². The van der Waals surface area contributed by atoms with E-state index < -0.39 is 6.04 Å². The maximum absolute atomic E-state index is 13.9. The molecule has 5 unspecified atom stereocenters. The van der Waals surface area contributed by atoms with Crippen molar-refractivity contribution in [1.29, 1.82) is 0 Å². The highest BCUT2D eigenvalue weighted by Crippen LogP contribution is 2.75. The minimum absolute atomic E-state index is 0.0470. The highest BCUT2D eigenvalue weighted by atomic mass is 16.3. The van der Waals surface area contributed by atoms with Gasteiger partial charge in [-0.1, -0.05) is 42.5 Å². The van der Waals surface area contributed by atoms with Crippen LogP contribution in [0.4, 0.5) is 5.69 Å². The number of rotatable bonds is 10. The third-order valence-electron chi connectivity index (χ3n) is 10.5. The summed E-state index contributed by atoms with van der Waals surface area (Å²) in [5.74, 6) is 4.17. The van der Waals surface area contributed by atoms with E-state index in [0.717, 1.165) is 72.0 Å². The standard InChI is InChI=1S/C35H39N3O3/c36-29-14-11-24(16-23(29)10-6-22-7-12-27(39)13-8-22)33(40)37-30(15-9-21-4-2-1-3-5-21)34(41)38-35-18-25-17-26(19-35)32-28(20-35)31(25)32/h1-5,7-8,11-14,16,25-26,28,30-32,39H,6,9-10,15,17-20,36H2,(H,37,40)(H,38,41). The van der Waals surface area contributed by atoms with Crippen LogP contribution in [0.3, 0.4) is 0 Å². The molecule has 6 heteroatoms. The van der Waals surface area contributed by atoms with E-state index in [-0.39, 0.29) is 23.1 Å². The van der Waals surface area contributed by atoms with Gasteiger partial charge in [0.25, 0.3) is 5.91 Å². The Bertz CT molecular complexity index is 1440. The number of nitrogens with one attached hydrogen (secondary N) is 2. The smallest absolute Gasteiger partial charge is 0.251 e. The number of carbonyl (C=O) groups is 2. The zero-order valence-electron chi connectivity index (χ0n) is 23.4. The van der Waals surface area contributed by atoms with Gasteiger partial charge in [-0.25, -0.2) is 0 Å². The second-order valence-electron chi connectivity index (χ2n) is 13.1. The van der Waals surface area contributed by atoms with Gasteiger partial charge in [0.05, 0.1) is 0 Å². The van der Waals surface area contributed by atoms with E-state index in [2.05, 4.69) is 22.8 Å². The fraction of sp³-hybridized carbons (Fsp3) is 0.429. The number of nitrogens with two attached hydrogens (primary N) is 1. The molecule has 4 bridgehead atoms. The average Bonchev–Trinajstić information content (AvgIpc) is 3.63. The van der Waals surface area contributed by atoms with Crippen molar-refractivity contribution in [3.63, 3.8) is 0 Å². The number of anilines is 1. The molecule has 0 saturated heterocycles. The summed E-state index contributed by atoms with van der Waals surface area (Å²) in [4.78, 5) is 27.4. The van der Waals surface area contributed by atoms with Crippen LogP contribution >= 0.6 is 0 Å². The Morgan fingerprint density at radius 3 is 2.29 bits per heavy atom. The Kier molecular flexibility index (Phi) is 6.52. The van der Waals surface area contributed by atoms with Crippen molar-refractivity contribution in [2.75, 3.05) is 5.73 Å². The van der Waals surface area contributed by atoms with Gasteiger partial charge in [0.1, 0.15) is 11.8 Å². The molecule has 0 radical (unpaired) electrons. The second kappa shape index (κ2) is 10.2. The van der Waals surface area contributed by atoms with Gasteiger partial charge in [0, 0.05) is 16.8 Å². The Balaban J connectivity index is 1.05. The molecule has 3 aromatic rings. The first-order valence-electron chi connectivity index (χ1n) is 15.2. The second-order valence-corrected chi connectivity index (χ2v) is 13.1. The van der Waals surface area contributed by atoms with Crippen LogP contribution in [-0.2, 0) is 24.1 Å². The average molecular weight is 550 g/mol. The minimum atomic E-state index is -0.610. The summed E-state index contributed by atoms with van der Waals surface area (Å²) in [6.45, 7) is 0. The topological polar surface area (TPSA) is 104 Å². The van der Waals surface area contributed by atoms with Crippen LogP contribution < -0.4 is 16.4 Å². The first-order valence-corrected chi connectivity index (χ1v) is 15.2. The highest BCUT2D eigenvalue weighted by Gasteiger charge is 2.72. The van der Waals surface area contributed by atoms with Gasteiger partial charge >= 0.3 is 0 Å². The van der Waals surface area contributed by atoms with Crippen LogP contribution in [0.5, 0.6) is 5.75 Å². The van der Waals surface area contributed by atoms with Crippen LogP contribution in [0.25, 0.3) is 0 Å². The summed E-state index contributed by atoms with van der Waals surface area (Å²) < 4.78 is 0. The summed E-state index contributed by atoms with van der Waals surface area (Å²) in [5, 5.41) is 16.2. The van der Waals surface area contributed by atoms with E-state index in [1.165, 1.54) is 6.42 Å². The van der Waals surface area contributed by atoms with Crippen molar-refractivity contribution in [3.8, 4) is 5.75 Å². The van der Waals surface area contributed by atoms with Gasteiger partial charge in [-0.15, -0.1) is 0 Å². The van der Waals surface area contributed by atoms with Crippen molar-refractivity contribution in [3.05, 3.63) is 95.1 Å². The van der Waals surface area contributed by atoms with Crippen molar-refractivity contribution in [2.24, 2.45) is 29.6 Å². The molecule has 5 N–H and O–H groups in total. The van der Waals surface area contributed by atoms with Crippen LogP contribution in [-0.4, -0.2) is 28.5 Å². The third kappa shape index (κ3) is 5.09. The molecule has 41 heavy (non-hydrogen) atoms. The van der Waals surface area contributed by atoms with E-state index in [1.54, 1.807) is 24.3 Å². The van der Waals surface area contributed by atoms with E-state index in [4.69, 9.17) is 5.73 Å². The lowest BCUT2D eigenvalue weighted by Gasteiger charge is -2.49. The normalized spacial score (nSPS) is 29.1. The van der Waals surface area contributed by atoms with E-state index in [9.17, 15) is 14.7 Å². The fourth-order valence-electron chi connectivity index (χ4n) is 8.75. The molecule has 0 spiro atoms. The largest absolute Gasteiger partial charge is 0.508 e. The number of phenolic OH excluding ortho intramolecular Hbond substituents is 1. The molecular formula is C35H39N3O3. The summed E-state index contributed by atoms with van der Waals surface area (Å²) in [6.07, 6.45) is 7.34. The van der Waals surface area contributed by atoms with Gasteiger partial charge in [-0.05, 0) is 128 Å². The number of aryl methyl sites for hydroxylation is 3. The highest BCUT2D eigenvalue weighted by molar-refractivity contribution is 5.98. The SMILES string of the molecule is Nc1ccc(C(=O)NC(CCc2ccccc2)C(=O)NC23CC4CC(C2)C2C(C3)C42)cc1CCc1ccc(O)cc1. The summed E-state index contributed by atoms with van der Waals surface area (Å²) in [7, 11) is 0. The van der Waals surface area contributed by atoms with Crippen LogP contribution in [0.1, 0.15) is 59.2 Å². The Morgan fingerprint density at radius 2 is 1.59 bits per heavy atom. The molecule has 5 aliphatic carbocycles. The number of benzene rings is 3. The first kappa shape index (κ1) is 26.1. The van der Waals surface area contributed by atoms with E-state index >= 15 is 0 Å². The number of nitrogen functional groups attached to an aromatic ring is 1. The lowest BCUT2D eigenvalue weighted by Crippen LogP contribution is -2.60. The van der Waals surface area contributed by atoms with Crippen molar-refractivity contribution in [2.45, 2.75) is 62.9 Å². The third-order valence-corrected chi connectivity index (χ3v) is 10.5. The van der Waals surface area contributed by atoms with Crippen LogP contribution in [0.15, 0.2) is 72.8 Å². The monoisotopic (exact) mass is 549 g/mol. The summed E-state index contributed by atoms with van der Waals surface area (Å²) >= 11 is 0. The Morgan fingerprint density at radius 1 is 0.878 bits per heavy atom. The molecule has 3 aromatic carbocycles. The van der Waals surface area contributed by atoms with Gasteiger partial charge in [-0.2, -0.15) is 0 Å². The molecule has 5 fully saturated rings. The quantitative estimate of drug-likeness (QED) is 0.266. The molecular weight excluding hydrogens is 510 g/mol. The first-order chi connectivity index (χ1) is 19.9. The minimum Gasteiger partial charge on any atom is -0.508 e. The predicted molar refractivity (Wildman–Crippen MR) is 159 cm³/mol. The lowest BCUT2D eigenvalue weighted by atomic mass is 9.63. The molecule has 5 aliphatic rings. The molecule has 0 heterocycles. The van der Waals surface area contributed by atoms with Gasteiger partial charge in [0.15, 0.2) is 0 Å². The molecule has 5 atom stereocenters. The number of aromatic hydroxyl groups is 1. The number of hydrogen-bond acceptors (Lipinski definition) is 4. The van der Waals surface area contributed by atoms with Crippen LogP contribution in [0.2, 0.25) is 0 Å². The number of amides is 2. The maximum Gasteiger partial charge on any atom is 0.251 e. The maximum atomic E-state index is 13.9. The van der Waals surface area contributed by atoms with Crippen molar-refractivity contribution >= 4 is 17.5 Å². The molecule has 5 saturated carbocycles. The Hall–Kier alpha value is -3.80. The van der Waals surface area contributed by atoms with Gasteiger partial charge in [-0.3, -0.25) is 9.59 Å². The molecule has 0 aliphatic heterocycles. The Labute approximate surface area is 241 Å². The number of phenols is 1. The predicted octanol–water partition coefficient (Wildman–Crippen LogP) is 5.04. The zero-order chi connectivity index (χ0) is 28.1. The zero-order valence-corrected chi connectivity index (χ0v) is 23.4. The summed E-state index contributed by atoms with van der Waals surface area (Å²) in [5.41, 5.74) is 10.5. The van der Waals surface area contributed by atoms with E-state index in [0.29, 0.717) is 30.5 Å². The van der Waals surface area contributed by atoms with E-state index in [1.807, 2.05) is 36.4 Å². The van der Waals surface area contributed by atoms with Crippen molar-refractivity contribution < 1.29 is 14.7 Å². The lowest BCUT2D eigenvalue weighted by molar-refractivity contribution is -0.127. The number of hydrogen-bond donors (Lipinski definition) is 4. The molecule has 2 amide bonds. The van der Waals surface area contributed by atoms with Crippen LogP contribution in [0, 0.1) is 29.6 Å². The molecule has 6 nitrogen and oxygen atoms in total.